The van der Waals surface area contributed by atoms with Crippen LogP contribution in [0.4, 0.5) is 0 Å². The van der Waals surface area contributed by atoms with Crippen LogP contribution in [0.1, 0.15) is 10.4 Å². The van der Waals surface area contributed by atoms with Crippen LogP contribution < -0.4 is 0 Å². The molecular formula is C12H15N3O2. The van der Waals surface area contributed by atoms with Crippen molar-refractivity contribution in [3.05, 3.63) is 30.1 Å². The number of rotatable bonds is 2. The molecule has 0 atom stereocenters. The van der Waals surface area contributed by atoms with E-state index in [0.29, 0.717) is 18.7 Å². The van der Waals surface area contributed by atoms with Gasteiger partial charge >= 0.3 is 0 Å². The van der Waals surface area contributed by atoms with Gasteiger partial charge in [0.05, 0.1) is 5.92 Å². The lowest BCUT2D eigenvalue weighted by Crippen LogP contribution is -2.55. The standard InChI is InChI=1S/C12H15N3O2/c1-14(2)11(16)10-7-15(8-10)12(17)9-3-5-13-6-4-9/h3-6,10H,7-8H2,1-2H3. The maximum atomic E-state index is 11.9. The Morgan fingerprint density at radius 3 is 2.41 bits per heavy atom. The van der Waals surface area contributed by atoms with Crippen molar-refractivity contribution in [2.75, 3.05) is 27.2 Å². The van der Waals surface area contributed by atoms with Crippen LogP contribution in [0, 0.1) is 5.92 Å². The highest BCUT2D eigenvalue weighted by atomic mass is 16.2. The van der Waals surface area contributed by atoms with Crippen LogP contribution in [0.15, 0.2) is 24.5 Å². The highest BCUT2D eigenvalue weighted by Gasteiger charge is 2.36. The molecule has 0 N–H and O–H groups in total. The topological polar surface area (TPSA) is 53.5 Å². The summed E-state index contributed by atoms with van der Waals surface area (Å²) in [5, 5.41) is 0. The smallest absolute Gasteiger partial charge is 0.254 e. The lowest BCUT2D eigenvalue weighted by atomic mass is 9.97. The number of likely N-dealkylation sites (tertiary alicyclic amines) is 1. The van der Waals surface area contributed by atoms with E-state index < -0.39 is 0 Å². The summed E-state index contributed by atoms with van der Waals surface area (Å²) >= 11 is 0. The van der Waals surface area contributed by atoms with Gasteiger partial charge in [-0.3, -0.25) is 14.6 Å². The van der Waals surface area contributed by atoms with Gasteiger partial charge < -0.3 is 9.80 Å². The fourth-order valence-electron chi connectivity index (χ4n) is 1.84. The van der Waals surface area contributed by atoms with E-state index >= 15 is 0 Å². The van der Waals surface area contributed by atoms with Crippen molar-refractivity contribution in [3.63, 3.8) is 0 Å². The van der Waals surface area contributed by atoms with E-state index in [1.54, 1.807) is 48.4 Å². The molecule has 1 aliphatic rings. The van der Waals surface area contributed by atoms with Crippen LogP contribution >= 0.6 is 0 Å². The second kappa shape index (κ2) is 4.53. The zero-order chi connectivity index (χ0) is 12.4. The molecule has 0 bridgehead atoms. The number of carbonyl (C=O) groups excluding carboxylic acids is 2. The number of carbonyl (C=O) groups is 2. The van der Waals surface area contributed by atoms with Gasteiger partial charge in [0.2, 0.25) is 5.91 Å². The number of hydrogen-bond acceptors (Lipinski definition) is 3. The molecule has 0 spiro atoms. The Morgan fingerprint density at radius 2 is 1.88 bits per heavy atom. The quantitative estimate of drug-likeness (QED) is 0.735. The first-order valence-electron chi connectivity index (χ1n) is 5.50. The molecule has 1 saturated heterocycles. The molecule has 0 aliphatic carbocycles. The van der Waals surface area contributed by atoms with Crippen LogP contribution in [0.25, 0.3) is 0 Å². The van der Waals surface area contributed by atoms with Gasteiger partial charge in [0, 0.05) is 45.1 Å². The van der Waals surface area contributed by atoms with Crippen molar-refractivity contribution in [2.24, 2.45) is 5.92 Å². The summed E-state index contributed by atoms with van der Waals surface area (Å²) in [7, 11) is 3.46. The van der Waals surface area contributed by atoms with Crippen LogP contribution in [-0.4, -0.2) is 53.8 Å². The summed E-state index contributed by atoms with van der Waals surface area (Å²) in [6.07, 6.45) is 3.19. The van der Waals surface area contributed by atoms with Crippen LogP contribution in [0.3, 0.4) is 0 Å². The third-order valence-corrected chi connectivity index (χ3v) is 2.89. The Bertz CT molecular complexity index is 425. The van der Waals surface area contributed by atoms with Gasteiger partial charge in [-0.05, 0) is 12.1 Å². The van der Waals surface area contributed by atoms with Gasteiger partial charge in [0.15, 0.2) is 0 Å². The highest BCUT2D eigenvalue weighted by molar-refractivity contribution is 5.95. The van der Waals surface area contributed by atoms with E-state index in [-0.39, 0.29) is 17.7 Å². The minimum atomic E-state index is -0.0456. The number of nitrogens with zero attached hydrogens (tertiary/aromatic N) is 3. The van der Waals surface area contributed by atoms with Crippen LogP contribution in [0.5, 0.6) is 0 Å². The average Bonchev–Trinajstić information content (AvgIpc) is 2.27. The number of aromatic nitrogens is 1. The average molecular weight is 233 g/mol. The first-order chi connectivity index (χ1) is 8.09. The lowest BCUT2D eigenvalue weighted by molar-refractivity contribution is -0.137. The Hall–Kier alpha value is -1.91. The fraction of sp³-hybridized carbons (Fsp3) is 0.417. The summed E-state index contributed by atoms with van der Waals surface area (Å²) in [4.78, 5) is 30.7. The van der Waals surface area contributed by atoms with Crippen molar-refractivity contribution in [1.82, 2.24) is 14.8 Å². The molecule has 5 nitrogen and oxygen atoms in total. The third kappa shape index (κ3) is 2.27. The summed E-state index contributed by atoms with van der Waals surface area (Å²) in [5.74, 6) is 0.00905. The first kappa shape index (κ1) is 11.6. The maximum Gasteiger partial charge on any atom is 0.254 e. The van der Waals surface area contributed by atoms with E-state index in [1.807, 2.05) is 0 Å². The summed E-state index contributed by atoms with van der Waals surface area (Å²) in [6.45, 7) is 1.02. The normalized spacial score (nSPS) is 15.3. The van der Waals surface area contributed by atoms with Crippen molar-refractivity contribution < 1.29 is 9.59 Å². The Kier molecular flexibility index (Phi) is 3.08. The molecule has 90 valence electrons. The van der Waals surface area contributed by atoms with Crippen molar-refractivity contribution in [3.8, 4) is 0 Å². The molecule has 1 aliphatic heterocycles. The molecule has 1 fully saturated rings. The Labute approximate surface area is 100 Å². The van der Waals surface area contributed by atoms with Crippen molar-refractivity contribution in [2.45, 2.75) is 0 Å². The first-order valence-corrected chi connectivity index (χ1v) is 5.50. The molecular weight excluding hydrogens is 218 g/mol. The zero-order valence-corrected chi connectivity index (χ0v) is 9.96. The third-order valence-electron chi connectivity index (χ3n) is 2.89. The van der Waals surface area contributed by atoms with Crippen LogP contribution in [-0.2, 0) is 4.79 Å². The van der Waals surface area contributed by atoms with E-state index in [2.05, 4.69) is 4.98 Å². The summed E-state index contributed by atoms with van der Waals surface area (Å²) < 4.78 is 0. The largest absolute Gasteiger partial charge is 0.348 e. The second-order valence-electron chi connectivity index (χ2n) is 4.38. The molecule has 1 aromatic rings. The maximum absolute atomic E-state index is 11.9. The van der Waals surface area contributed by atoms with Crippen molar-refractivity contribution in [1.29, 1.82) is 0 Å². The van der Waals surface area contributed by atoms with Gasteiger partial charge in [-0.2, -0.15) is 0 Å². The monoisotopic (exact) mass is 233 g/mol. The zero-order valence-electron chi connectivity index (χ0n) is 9.96. The second-order valence-corrected chi connectivity index (χ2v) is 4.38. The Balaban J connectivity index is 1.92. The molecule has 1 aromatic heterocycles. The number of pyridine rings is 1. The molecule has 2 amide bonds. The predicted molar refractivity (Wildman–Crippen MR) is 62.3 cm³/mol. The van der Waals surface area contributed by atoms with Gasteiger partial charge in [-0.1, -0.05) is 0 Å². The van der Waals surface area contributed by atoms with Crippen LogP contribution in [0.2, 0.25) is 0 Å². The molecule has 5 heteroatoms. The van der Waals surface area contributed by atoms with Gasteiger partial charge in [0.1, 0.15) is 0 Å². The molecule has 2 heterocycles. The molecule has 0 radical (unpaired) electrons. The molecule has 0 saturated carbocycles. The minimum absolute atomic E-state index is 0.0322. The van der Waals surface area contributed by atoms with E-state index in [4.69, 9.17) is 0 Å². The SMILES string of the molecule is CN(C)C(=O)C1CN(C(=O)c2ccncc2)C1. The lowest BCUT2D eigenvalue weighted by Gasteiger charge is -2.39. The molecule has 0 unspecified atom stereocenters. The van der Waals surface area contributed by atoms with Gasteiger partial charge in [-0.25, -0.2) is 0 Å². The van der Waals surface area contributed by atoms with E-state index in [9.17, 15) is 9.59 Å². The number of hydrogen-bond donors (Lipinski definition) is 0. The highest BCUT2D eigenvalue weighted by Crippen LogP contribution is 2.19. The summed E-state index contributed by atoms with van der Waals surface area (Å²) in [6, 6.07) is 3.37. The van der Waals surface area contributed by atoms with E-state index in [1.165, 1.54) is 0 Å². The van der Waals surface area contributed by atoms with Gasteiger partial charge in [0.25, 0.3) is 5.91 Å². The van der Waals surface area contributed by atoms with Crippen molar-refractivity contribution >= 4 is 11.8 Å². The molecule has 2 rings (SSSR count). The van der Waals surface area contributed by atoms with Gasteiger partial charge in [-0.15, -0.1) is 0 Å². The fourth-order valence-corrected chi connectivity index (χ4v) is 1.84. The number of amides is 2. The molecule has 0 aromatic carbocycles. The summed E-state index contributed by atoms with van der Waals surface area (Å²) in [5.41, 5.74) is 0.621. The molecule has 17 heavy (non-hydrogen) atoms. The van der Waals surface area contributed by atoms with E-state index in [0.717, 1.165) is 0 Å². The minimum Gasteiger partial charge on any atom is -0.348 e. The Morgan fingerprint density at radius 1 is 1.29 bits per heavy atom. The predicted octanol–water partition coefficient (Wildman–Crippen LogP) is 0.242.